The van der Waals surface area contributed by atoms with Gasteiger partial charge in [0.2, 0.25) is 11.8 Å². The largest absolute Gasteiger partial charge is 0.444 e. The van der Waals surface area contributed by atoms with Crippen LogP contribution < -0.4 is 10.6 Å². The van der Waals surface area contributed by atoms with E-state index in [0.29, 0.717) is 41.9 Å². The number of likely N-dealkylation sites (tertiary alicyclic amines) is 1. The van der Waals surface area contributed by atoms with E-state index in [-0.39, 0.29) is 18.2 Å². The van der Waals surface area contributed by atoms with Gasteiger partial charge in [0.15, 0.2) is 0 Å². The van der Waals surface area contributed by atoms with Gasteiger partial charge in [-0.25, -0.2) is 4.79 Å². The number of hydrogen-bond acceptors (Lipinski definition) is 5. The van der Waals surface area contributed by atoms with Gasteiger partial charge in [-0.1, -0.05) is 29.3 Å². The SMILES string of the molecule is CC(C)(C)OC(=O)NC(Cc1ccc(Cl)c(Cl)c1)C(=O)N1CCCC1C(=O)NCC1CCc2[nH]ncc2C1. The molecular weight excluding hydrogens is 529 g/mol. The van der Waals surface area contributed by atoms with Gasteiger partial charge in [0.05, 0.1) is 16.2 Å². The number of alkyl carbamates (subject to hydrolysis) is 1. The van der Waals surface area contributed by atoms with Crippen LogP contribution in [0.1, 0.15) is 56.9 Å². The van der Waals surface area contributed by atoms with Crippen LogP contribution >= 0.6 is 23.2 Å². The van der Waals surface area contributed by atoms with Crippen molar-refractivity contribution in [2.45, 2.75) is 77.0 Å². The molecule has 3 unspecified atom stereocenters. The van der Waals surface area contributed by atoms with Gasteiger partial charge in [-0.05, 0) is 82.1 Å². The van der Waals surface area contributed by atoms with Gasteiger partial charge in [-0.2, -0.15) is 5.10 Å². The Morgan fingerprint density at radius 2 is 2.00 bits per heavy atom. The van der Waals surface area contributed by atoms with Crippen molar-refractivity contribution in [3.8, 4) is 0 Å². The molecular formula is C27H35Cl2N5O4. The van der Waals surface area contributed by atoms with Crippen LogP contribution in [0.15, 0.2) is 24.4 Å². The minimum Gasteiger partial charge on any atom is -0.444 e. The van der Waals surface area contributed by atoms with Crippen LogP contribution in [0.5, 0.6) is 0 Å². The number of hydrogen-bond donors (Lipinski definition) is 3. The molecule has 11 heteroatoms. The number of nitrogens with zero attached hydrogens (tertiary/aromatic N) is 2. The summed E-state index contributed by atoms with van der Waals surface area (Å²) in [5.74, 6) is -0.175. The first-order valence-electron chi connectivity index (χ1n) is 13.0. The van der Waals surface area contributed by atoms with E-state index in [1.165, 1.54) is 11.3 Å². The standard InChI is InChI=1S/C27H35Cl2N5O4/c1-27(2,3)38-26(37)32-22(13-16-6-8-19(28)20(29)12-16)25(36)34-10-4-5-23(34)24(35)30-14-17-7-9-21-18(11-17)15-31-33-21/h6,8,12,15,17,22-23H,4-5,7,9-11,13-14H2,1-3H3,(H,30,35)(H,31,33)(H,32,37). The maximum absolute atomic E-state index is 13.7. The second-order valence-corrected chi connectivity index (χ2v) is 11.9. The van der Waals surface area contributed by atoms with Crippen molar-refractivity contribution in [3.63, 3.8) is 0 Å². The minimum absolute atomic E-state index is 0.167. The van der Waals surface area contributed by atoms with Crippen molar-refractivity contribution >= 4 is 41.1 Å². The van der Waals surface area contributed by atoms with Crippen molar-refractivity contribution in [2.75, 3.05) is 13.1 Å². The normalized spacial score (nSPS) is 20.0. The predicted octanol–water partition coefficient (Wildman–Crippen LogP) is 4.06. The van der Waals surface area contributed by atoms with Gasteiger partial charge in [-0.15, -0.1) is 0 Å². The number of carbonyl (C=O) groups is 3. The highest BCUT2D eigenvalue weighted by Crippen LogP contribution is 2.26. The number of aromatic nitrogens is 2. The van der Waals surface area contributed by atoms with Gasteiger partial charge in [0, 0.05) is 25.2 Å². The molecule has 2 aromatic rings. The van der Waals surface area contributed by atoms with Crippen LogP contribution in [0.25, 0.3) is 0 Å². The lowest BCUT2D eigenvalue weighted by atomic mass is 9.88. The van der Waals surface area contributed by atoms with Gasteiger partial charge < -0.3 is 20.3 Å². The highest BCUT2D eigenvalue weighted by atomic mass is 35.5. The molecule has 3 amide bonds. The van der Waals surface area contributed by atoms with Crippen molar-refractivity contribution in [2.24, 2.45) is 5.92 Å². The van der Waals surface area contributed by atoms with Gasteiger partial charge in [0.1, 0.15) is 17.7 Å². The van der Waals surface area contributed by atoms with Gasteiger partial charge in [-0.3, -0.25) is 14.7 Å². The summed E-state index contributed by atoms with van der Waals surface area (Å²) in [5, 5.41) is 13.7. The molecule has 1 aromatic heterocycles. The van der Waals surface area contributed by atoms with E-state index >= 15 is 0 Å². The number of amides is 3. The maximum atomic E-state index is 13.7. The van der Waals surface area contributed by atoms with Crippen LogP contribution in [0.4, 0.5) is 4.79 Å². The first-order chi connectivity index (χ1) is 18.0. The second-order valence-electron chi connectivity index (χ2n) is 11.1. The quantitative estimate of drug-likeness (QED) is 0.469. The van der Waals surface area contributed by atoms with Crippen molar-refractivity contribution in [1.82, 2.24) is 25.7 Å². The molecule has 4 rings (SSSR count). The number of aryl methyl sites for hydroxylation is 1. The zero-order chi connectivity index (χ0) is 27.4. The fourth-order valence-electron chi connectivity index (χ4n) is 5.08. The van der Waals surface area contributed by atoms with Gasteiger partial charge >= 0.3 is 6.09 Å². The molecule has 0 bridgehead atoms. The molecule has 38 heavy (non-hydrogen) atoms. The summed E-state index contributed by atoms with van der Waals surface area (Å²) >= 11 is 12.2. The molecule has 2 aliphatic rings. The Bertz CT molecular complexity index is 1180. The second kappa shape index (κ2) is 11.9. The van der Waals surface area contributed by atoms with E-state index in [4.69, 9.17) is 27.9 Å². The van der Waals surface area contributed by atoms with E-state index in [0.717, 1.165) is 24.8 Å². The van der Waals surface area contributed by atoms with Crippen LogP contribution in [0.2, 0.25) is 10.0 Å². The molecule has 3 N–H and O–H groups in total. The van der Waals surface area contributed by atoms with E-state index < -0.39 is 23.8 Å². The Kier molecular flexibility index (Phi) is 8.88. The molecule has 1 aromatic carbocycles. The number of nitrogens with one attached hydrogen (secondary N) is 3. The minimum atomic E-state index is -0.937. The molecule has 0 spiro atoms. The number of halogens is 2. The summed E-state index contributed by atoms with van der Waals surface area (Å²) in [6, 6.07) is 3.55. The summed E-state index contributed by atoms with van der Waals surface area (Å²) in [7, 11) is 0. The highest BCUT2D eigenvalue weighted by molar-refractivity contribution is 6.42. The first-order valence-corrected chi connectivity index (χ1v) is 13.8. The zero-order valence-electron chi connectivity index (χ0n) is 22.0. The molecule has 1 saturated heterocycles. The third-order valence-corrected chi connectivity index (χ3v) is 7.67. The fourth-order valence-corrected chi connectivity index (χ4v) is 5.40. The Balaban J connectivity index is 1.43. The Hall–Kier alpha value is -2.78. The zero-order valence-corrected chi connectivity index (χ0v) is 23.5. The average Bonchev–Trinajstić information content (AvgIpc) is 3.52. The third kappa shape index (κ3) is 7.20. The maximum Gasteiger partial charge on any atom is 0.408 e. The van der Waals surface area contributed by atoms with Crippen molar-refractivity contribution in [1.29, 1.82) is 0 Å². The lowest BCUT2D eigenvalue weighted by Gasteiger charge is -2.30. The molecule has 3 atom stereocenters. The molecule has 1 aliphatic carbocycles. The number of ether oxygens (including phenoxy) is 1. The number of aromatic amines is 1. The summed E-state index contributed by atoms with van der Waals surface area (Å²) in [5.41, 5.74) is 2.37. The fraction of sp³-hybridized carbons (Fsp3) is 0.556. The summed E-state index contributed by atoms with van der Waals surface area (Å²) < 4.78 is 5.41. The summed E-state index contributed by atoms with van der Waals surface area (Å²) in [6.07, 6.45) is 5.35. The number of fused-ring (bicyclic) bond motifs is 1. The van der Waals surface area contributed by atoms with E-state index in [1.54, 1.807) is 43.9 Å². The molecule has 1 aliphatic heterocycles. The number of rotatable bonds is 7. The first kappa shape index (κ1) is 28.2. The van der Waals surface area contributed by atoms with E-state index in [9.17, 15) is 14.4 Å². The molecule has 1 fully saturated rings. The smallest absolute Gasteiger partial charge is 0.408 e. The third-order valence-electron chi connectivity index (χ3n) is 6.94. The topological polar surface area (TPSA) is 116 Å². The average molecular weight is 565 g/mol. The van der Waals surface area contributed by atoms with Crippen LogP contribution in [-0.4, -0.2) is 63.8 Å². The van der Waals surface area contributed by atoms with Gasteiger partial charge in [0.25, 0.3) is 0 Å². The van der Waals surface area contributed by atoms with Crippen LogP contribution in [-0.2, 0) is 33.6 Å². The van der Waals surface area contributed by atoms with E-state index in [2.05, 4.69) is 20.8 Å². The summed E-state index contributed by atoms with van der Waals surface area (Å²) in [4.78, 5) is 41.1. The lowest BCUT2D eigenvalue weighted by molar-refractivity contribution is -0.140. The Morgan fingerprint density at radius 1 is 1.21 bits per heavy atom. The highest BCUT2D eigenvalue weighted by Gasteiger charge is 2.38. The molecule has 2 heterocycles. The predicted molar refractivity (Wildman–Crippen MR) is 145 cm³/mol. The van der Waals surface area contributed by atoms with E-state index in [1.807, 2.05) is 6.20 Å². The van der Waals surface area contributed by atoms with Crippen molar-refractivity contribution < 1.29 is 19.1 Å². The Morgan fingerprint density at radius 3 is 2.74 bits per heavy atom. The number of H-pyrrole nitrogens is 1. The monoisotopic (exact) mass is 563 g/mol. The molecule has 9 nitrogen and oxygen atoms in total. The lowest BCUT2D eigenvalue weighted by Crippen LogP contribution is -2.55. The summed E-state index contributed by atoms with van der Waals surface area (Å²) in [6.45, 7) is 6.24. The number of carbonyl (C=O) groups excluding carboxylic acids is 3. The van der Waals surface area contributed by atoms with Crippen LogP contribution in [0, 0.1) is 5.92 Å². The molecule has 0 radical (unpaired) electrons. The molecule has 0 saturated carbocycles. The molecule has 206 valence electrons. The van der Waals surface area contributed by atoms with Crippen molar-refractivity contribution in [3.05, 3.63) is 51.3 Å². The number of benzene rings is 1. The Labute approximate surface area is 233 Å². The van der Waals surface area contributed by atoms with Crippen LogP contribution in [0.3, 0.4) is 0 Å².